The summed E-state index contributed by atoms with van der Waals surface area (Å²) in [7, 11) is 0. The molecule has 0 aliphatic heterocycles. The molecule has 0 aliphatic carbocycles. The van der Waals surface area contributed by atoms with E-state index in [9.17, 15) is 18.8 Å². The fourth-order valence-electron chi connectivity index (χ4n) is 3.22. The van der Waals surface area contributed by atoms with Crippen molar-refractivity contribution in [1.82, 2.24) is 9.47 Å². The van der Waals surface area contributed by atoms with Crippen molar-refractivity contribution in [1.29, 1.82) is 0 Å². The monoisotopic (exact) mass is 488 g/mol. The van der Waals surface area contributed by atoms with Gasteiger partial charge in [0.2, 0.25) is 5.91 Å². The van der Waals surface area contributed by atoms with Crippen LogP contribution >= 0.6 is 22.7 Å². The van der Waals surface area contributed by atoms with E-state index in [-0.39, 0.29) is 30.4 Å². The Morgan fingerprint density at radius 2 is 1.76 bits per heavy atom. The van der Waals surface area contributed by atoms with Crippen LogP contribution in [0.4, 0.5) is 4.39 Å². The highest BCUT2D eigenvalue weighted by Crippen LogP contribution is 2.28. The molecule has 1 amide bonds. The molecule has 0 spiro atoms. The molecular weight excluding hydrogens is 463 g/mol. The highest BCUT2D eigenvalue weighted by molar-refractivity contribution is 7.16. The van der Waals surface area contributed by atoms with Crippen LogP contribution in [0.25, 0.3) is 22.6 Å². The Morgan fingerprint density at radius 1 is 1.06 bits per heavy atom. The molecule has 33 heavy (non-hydrogen) atoms. The van der Waals surface area contributed by atoms with Crippen molar-refractivity contribution >= 4 is 46.7 Å². The van der Waals surface area contributed by atoms with Crippen LogP contribution in [0.1, 0.15) is 25.6 Å². The summed E-state index contributed by atoms with van der Waals surface area (Å²) in [6, 6.07) is 10.00. The molecule has 0 bridgehead atoms. The number of aromatic nitrogens is 1. The molecule has 3 rings (SSSR count). The maximum atomic E-state index is 13.2. The minimum atomic E-state index is -0.566. The van der Waals surface area contributed by atoms with E-state index in [1.165, 1.54) is 34.1 Å². The Labute approximate surface area is 198 Å². The SMILES string of the molecule is CCOC(=O)/C=c1\s/c(=C\c2ccc(-c3ccc(F)cc3)s2)c(=O)n1CC(=O)N(CC)CC. The molecule has 3 aromatic rings. The largest absolute Gasteiger partial charge is 0.463 e. The van der Waals surface area contributed by atoms with Crippen molar-refractivity contribution < 1.29 is 18.7 Å². The second kappa shape index (κ2) is 11.2. The van der Waals surface area contributed by atoms with Gasteiger partial charge in [0.1, 0.15) is 17.0 Å². The Bertz CT molecular complexity index is 1300. The summed E-state index contributed by atoms with van der Waals surface area (Å²) < 4.78 is 20.3. The average molecular weight is 489 g/mol. The molecule has 2 aromatic heterocycles. The molecule has 9 heteroatoms. The van der Waals surface area contributed by atoms with Crippen molar-refractivity contribution in [2.45, 2.75) is 27.3 Å². The third kappa shape index (κ3) is 6.06. The van der Waals surface area contributed by atoms with Crippen LogP contribution in [-0.4, -0.2) is 41.0 Å². The first-order valence-corrected chi connectivity index (χ1v) is 12.2. The van der Waals surface area contributed by atoms with Crippen molar-refractivity contribution in [3.05, 3.63) is 66.6 Å². The number of ether oxygens (including phenoxy) is 1. The molecule has 6 nitrogen and oxygen atoms in total. The summed E-state index contributed by atoms with van der Waals surface area (Å²) in [5, 5.41) is 0. The maximum absolute atomic E-state index is 13.2. The smallest absolute Gasteiger partial charge is 0.333 e. The van der Waals surface area contributed by atoms with Gasteiger partial charge < -0.3 is 9.64 Å². The summed E-state index contributed by atoms with van der Waals surface area (Å²) in [4.78, 5) is 41.2. The van der Waals surface area contributed by atoms with Crippen molar-refractivity contribution in [3.8, 4) is 10.4 Å². The number of rotatable bonds is 8. The number of benzene rings is 1. The molecule has 0 saturated heterocycles. The summed E-state index contributed by atoms with van der Waals surface area (Å²) in [6.07, 6.45) is 2.99. The van der Waals surface area contributed by atoms with Crippen LogP contribution in [0.15, 0.2) is 41.2 Å². The van der Waals surface area contributed by atoms with Gasteiger partial charge in [-0.3, -0.25) is 14.2 Å². The molecule has 0 saturated carbocycles. The van der Waals surface area contributed by atoms with Gasteiger partial charge in [-0.25, -0.2) is 9.18 Å². The fourth-order valence-corrected chi connectivity index (χ4v) is 5.27. The van der Waals surface area contributed by atoms with E-state index in [2.05, 4.69) is 0 Å². The summed E-state index contributed by atoms with van der Waals surface area (Å²) in [5.74, 6) is -1.06. The maximum Gasteiger partial charge on any atom is 0.333 e. The number of nitrogens with zero attached hydrogens (tertiary/aromatic N) is 2. The van der Waals surface area contributed by atoms with Crippen molar-refractivity contribution in [3.63, 3.8) is 0 Å². The second-order valence-corrected chi connectivity index (χ2v) is 9.19. The van der Waals surface area contributed by atoms with E-state index in [1.54, 1.807) is 30.0 Å². The van der Waals surface area contributed by atoms with Gasteiger partial charge in [0.15, 0.2) is 0 Å². The number of carbonyl (C=O) groups is 2. The van der Waals surface area contributed by atoms with E-state index in [0.717, 1.165) is 26.7 Å². The molecule has 0 unspecified atom stereocenters. The van der Waals surface area contributed by atoms with E-state index in [1.807, 2.05) is 26.0 Å². The van der Waals surface area contributed by atoms with Crippen molar-refractivity contribution in [2.24, 2.45) is 0 Å². The molecule has 174 valence electrons. The lowest BCUT2D eigenvalue weighted by atomic mass is 10.2. The lowest BCUT2D eigenvalue weighted by Gasteiger charge is -2.18. The van der Waals surface area contributed by atoms with Gasteiger partial charge in [-0.2, -0.15) is 0 Å². The number of hydrogen-bond acceptors (Lipinski definition) is 6. The van der Waals surface area contributed by atoms with Crippen LogP contribution in [0.5, 0.6) is 0 Å². The number of halogens is 1. The molecule has 0 fully saturated rings. The van der Waals surface area contributed by atoms with Gasteiger partial charge >= 0.3 is 5.97 Å². The number of carbonyl (C=O) groups excluding carboxylic acids is 2. The number of thiophene rings is 1. The van der Waals surface area contributed by atoms with Gasteiger partial charge in [-0.1, -0.05) is 12.1 Å². The number of amides is 1. The zero-order valence-corrected chi connectivity index (χ0v) is 20.3. The van der Waals surface area contributed by atoms with Crippen LogP contribution in [0, 0.1) is 5.82 Å². The number of esters is 1. The lowest BCUT2D eigenvalue weighted by Crippen LogP contribution is -2.40. The van der Waals surface area contributed by atoms with Gasteiger partial charge in [-0.05, 0) is 56.7 Å². The zero-order valence-electron chi connectivity index (χ0n) is 18.7. The van der Waals surface area contributed by atoms with Crippen LogP contribution in [-0.2, 0) is 20.9 Å². The normalized spacial score (nSPS) is 12.2. The zero-order chi connectivity index (χ0) is 24.0. The Balaban J connectivity index is 2.04. The van der Waals surface area contributed by atoms with E-state index in [4.69, 9.17) is 4.74 Å². The topological polar surface area (TPSA) is 68.6 Å². The third-order valence-corrected chi connectivity index (χ3v) is 7.04. The molecule has 0 N–H and O–H groups in total. The van der Waals surface area contributed by atoms with Crippen molar-refractivity contribution in [2.75, 3.05) is 19.7 Å². The second-order valence-electron chi connectivity index (χ2n) is 7.01. The molecule has 1 aromatic carbocycles. The minimum Gasteiger partial charge on any atom is -0.463 e. The summed E-state index contributed by atoms with van der Waals surface area (Å²) in [6.45, 7) is 6.57. The Hall–Kier alpha value is -3.04. The van der Waals surface area contributed by atoms with Gasteiger partial charge in [-0.15, -0.1) is 22.7 Å². The molecule has 0 atom stereocenters. The summed E-state index contributed by atoms with van der Waals surface area (Å²) >= 11 is 2.60. The predicted octanol–water partition coefficient (Wildman–Crippen LogP) is 2.82. The predicted molar refractivity (Wildman–Crippen MR) is 130 cm³/mol. The first kappa shape index (κ1) is 24.6. The number of thiazole rings is 1. The van der Waals surface area contributed by atoms with Crippen LogP contribution < -0.4 is 14.8 Å². The van der Waals surface area contributed by atoms with Crippen LogP contribution in [0.2, 0.25) is 0 Å². The fraction of sp³-hybridized carbons (Fsp3) is 0.292. The van der Waals surface area contributed by atoms with Gasteiger partial charge in [0.25, 0.3) is 5.56 Å². The van der Waals surface area contributed by atoms with E-state index in [0.29, 0.717) is 22.3 Å². The molecule has 0 radical (unpaired) electrons. The Morgan fingerprint density at radius 3 is 2.39 bits per heavy atom. The minimum absolute atomic E-state index is 0.151. The molecule has 2 heterocycles. The quantitative estimate of drug-likeness (QED) is 0.458. The first-order valence-electron chi connectivity index (χ1n) is 10.6. The standard InChI is InChI=1S/C24H25FN2O4S2/c1-4-26(5-2)21(28)15-27-22(14-23(29)31-6-3)33-20(24(27)30)13-18-11-12-19(32-18)16-7-9-17(25)10-8-16/h7-14H,4-6,15H2,1-3H3/b20-13-,22-14-. The Kier molecular flexibility index (Phi) is 8.35. The average Bonchev–Trinajstić information content (AvgIpc) is 3.36. The van der Waals surface area contributed by atoms with Crippen LogP contribution in [0.3, 0.4) is 0 Å². The summed E-state index contributed by atoms with van der Waals surface area (Å²) in [5.41, 5.74) is 0.540. The lowest BCUT2D eigenvalue weighted by molar-refractivity contribution is -0.135. The highest BCUT2D eigenvalue weighted by Gasteiger charge is 2.15. The first-order chi connectivity index (χ1) is 15.9. The molecule has 0 aliphatic rings. The third-order valence-electron chi connectivity index (χ3n) is 4.90. The van der Waals surface area contributed by atoms with Gasteiger partial charge in [0, 0.05) is 22.8 Å². The number of likely N-dealkylation sites (N-methyl/N-ethyl adjacent to an activating group) is 1. The number of hydrogen-bond donors (Lipinski definition) is 0. The van der Waals surface area contributed by atoms with E-state index >= 15 is 0 Å². The van der Waals surface area contributed by atoms with Gasteiger partial charge in [0.05, 0.1) is 17.2 Å². The molecular formula is C24H25FN2O4S2. The van der Waals surface area contributed by atoms with E-state index < -0.39 is 5.97 Å². The highest BCUT2D eigenvalue weighted by atomic mass is 32.1.